The van der Waals surface area contributed by atoms with Gasteiger partial charge in [-0.1, -0.05) is 25.1 Å². The minimum Gasteiger partial charge on any atom is -0.310 e. The van der Waals surface area contributed by atoms with Gasteiger partial charge in [0.2, 0.25) is 0 Å². The van der Waals surface area contributed by atoms with Gasteiger partial charge in [0.1, 0.15) is 0 Å². The van der Waals surface area contributed by atoms with Crippen molar-refractivity contribution in [1.82, 2.24) is 5.32 Å². The van der Waals surface area contributed by atoms with Crippen molar-refractivity contribution in [3.8, 4) is 0 Å². The van der Waals surface area contributed by atoms with E-state index in [9.17, 15) is 10.1 Å². The van der Waals surface area contributed by atoms with Crippen molar-refractivity contribution in [1.29, 1.82) is 0 Å². The third kappa shape index (κ3) is 4.12. The summed E-state index contributed by atoms with van der Waals surface area (Å²) in [5.41, 5.74) is 2.03. The number of halogens is 2. The molecule has 1 atom stereocenters. The number of likely N-dealkylation sites (N-methyl/N-ethyl adjacent to an activating group) is 1. The molecule has 1 heterocycles. The van der Waals surface area contributed by atoms with E-state index in [2.05, 4.69) is 43.2 Å². The molecule has 1 aromatic carbocycles. The minimum absolute atomic E-state index is 0.0352. The van der Waals surface area contributed by atoms with Gasteiger partial charge in [0.15, 0.2) is 0 Å². The van der Waals surface area contributed by atoms with Crippen LogP contribution in [0.2, 0.25) is 0 Å². The average molecular weight is 434 g/mol. The number of nitrogens with one attached hydrogen (secondary N) is 1. The van der Waals surface area contributed by atoms with Crippen LogP contribution in [-0.2, 0) is 6.42 Å². The Labute approximate surface area is 144 Å². The second-order valence-corrected chi connectivity index (χ2v) is 8.23. The lowest BCUT2D eigenvalue weighted by molar-refractivity contribution is -0.385. The van der Waals surface area contributed by atoms with E-state index in [1.54, 1.807) is 23.5 Å². The Morgan fingerprint density at radius 3 is 2.67 bits per heavy atom. The quantitative estimate of drug-likeness (QED) is 0.510. The molecular weight excluding hydrogens is 420 g/mol. The average Bonchev–Trinajstić information content (AvgIpc) is 2.77. The molecule has 0 aliphatic rings. The highest BCUT2D eigenvalue weighted by Gasteiger charge is 2.21. The summed E-state index contributed by atoms with van der Waals surface area (Å²) in [6, 6.07) is 8.99. The number of thiophene rings is 1. The first-order chi connectivity index (χ1) is 10.0. The van der Waals surface area contributed by atoms with Gasteiger partial charge in [-0.05, 0) is 56.5 Å². The SMILES string of the molecule is CCNC(Cc1ccccc1[N+](=O)[O-])c1cc(Br)sc1Br. The number of para-hydroxylation sites is 1. The highest BCUT2D eigenvalue weighted by molar-refractivity contribution is 9.12. The molecule has 2 aromatic rings. The molecule has 0 aliphatic heterocycles. The molecule has 1 unspecified atom stereocenters. The zero-order chi connectivity index (χ0) is 15.4. The van der Waals surface area contributed by atoms with Crippen LogP contribution in [0.4, 0.5) is 5.69 Å². The van der Waals surface area contributed by atoms with Gasteiger partial charge in [0.05, 0.1) is 12.5 Å². The summed E-state index contributed by atoms with van der Waals surface area (Å²) < 4.78 is 2.08. The fourth-order valence-electron chi connectivity index (χ4n) is 2.21. The first-order valence-corrected chi connectivity index (χ1v) is 8.83. The maximum absolute atomic E-state index is 11.1. The van der Waals surface area contributed by atoms with Crippen molar-refractivity contribution in [2.24, 2.45) is 0 Å². The lowest BCUT2D eigenvalue weighted by atomic mass is 10.00. The van der Waals surface area contributed by atoms with Gasteiger partial charge in [-0.25, -0.2) is 0 Å². The third-order valence-corrected chi connectivity index (χ3v) is 5.51. The van der Waals surface area contributed by atoms with E-state index in [4.69, 9.17) is 0 Å². The van der Waals surface area contributed by atoms with Crippen molar-refractivity contribution in [2.75, 3.05) is 6.54 Å². The van der Waals surface area contributed by atoms with Crippen molar-refractivity contribution in [2.45, 2.75) is 19.4 Å². The molecule has 0 amide bonds. The summed E-state index contributed by atoms with van der Waals surface area (Å²) in [5.74, 6) is 0. The lowest BCUT2D eigenvalue weighted by Crippen LogP contribution is -2.23. The molecule has 0 radical (unpaired) electrons. The Hall–Kier alpha value is -0.760. The molecule has 0 bridgehead atoms. The second-order valence-electron chi connectivity index (χ2n) is 4.48. The molecule has 0 saturated carbocycles. The Morgan fingerprint density at radius 1 is 1.38 bits per heavy atom. The molecule has 2 rings (SSSR count). The molecule has 112 valence electrons. The molecule has 0 aliphatic carbocycles. The zero-order valence-electron chi connectivity index (χ0n) is 11.3. The summed E-state index contributed by atoms with van der Waals surface area (Å²) in [6.45, 7) is 2.83. The fourth-order valence-corrected chi connectivity index (χ4v) is 5.18. The Morgan fingerprint density at radius 2 is 2.10 bits per heavy atom. The molecule has 0 fully saturated rings. The van der Waals surface area contributed by atoms with E-state index in [0.29, 0.717) is 6.42 Å². The van der Waals surface area contributed by atoms with E-state index in [-0.39, 0.29) is 16.7 Å². The number of hydrogen-bond donors (Lipinski definition) is 1. The first kappa shape index (κ1) is 16.6. The van der Waals surface area contributed by atoms with Gasteiger partial charge in [-0.15, -0.1) is 11.3 Å². The molecule has 4 nitrogen and oxygen atoms in total. The predicted octanol–water partition coefficient (Wildman–Crippen LogP) is 5.07. The molecule has 1 aromatic heterocycles. The van der Waals surface area contributed by atoms with Crippen LogP contribution in [0, 0.1) is 10.1 Å². The molecule has 21 heavy (non-hydrogen) atoms. The van der Waals surface area contributed by atoms with Crippen molar-refractivity contribution >= 4 is 48.9 Å². The Balaban J connectivity index is 2.33. The van der Waals surface area contributed by atoms with Gasteiger partial charge in [-0.3, -0.25) is 10.1 Å². The van der Waals surface area contributed by atoms with Crippen LogP contribution in [0.25, 0.3) is 0 Å². The number of benzene rings is 1. The van der Waals surface area contributed by atoms with Crippen LogP contribution in [0.3, 0.4) is 0 Å². The van der Waals surface area contributed by atoms with Crippen LogP contribution >= 0.6 is 43.2 Å². The summed E-state index contributed by atoms with van der Waals surface area (Å²) in [4.78, 5) is 10.8. The molecular formula is C14H14Br2N2O2S. The number of rotatable bonds is 6. The molecule has 0 saturated heterocycles. The second kappa shape index (κ2) is 7.49. The first-order valence-electron chi connectivity index (χ1n) is 6.43. The van der Waals surface area contributed by atoms with Gasteiger partial charge in [0, 0.05) is 17.7 Å². The van der Waals surface area contributed by atoms with E-state index in [1.165, 1.54) is 0 Å². The van der Waals surface area contributed by atoms with Crippen LogP contribution < -0.4 is 5.32 Å². The van der Waals surface area contributed by atoms with Crippen LogP contribution in [0.5, 0.6) is 0 Å². The fraction of sp³-hybridized carbons (Fsp3) is 0.286. The maximum atomic E-state index is 11.1. The smallest absolute Gasteiger partial charge is 0.272 e. The summed E-state index contributed by atoms with van der Waals surface area (Å²) in [6.07, 6.45) is 0.576. The topological polar surface area (TPSA) is 55.2 Å². The highest BCUT2D eigenvalue weighted by Crippen LogP contribution is 2.37. The largest absolute Gasteiger partial charge is 0.310 e. The van der Waals surface area contributed by atoms with Crippen LogP contribution in [-0.4, -0.2) is 11.5 Å². The Kier molecular flexibility index (Phi) is 5.92. The standard InChI is InChI=1S/C14H14Br2N2O2S/c1-2-17-11(10-8-13(15)21-14(10)16)7-9-5-3-4-6-12(9)18(19)20/h3-6,8,11,17H,2,7H2,1H3. The third-order valence-electron chi connectivity index (χ3n) is 3.12. The van der Waals surface area contributed by atoms with E-state index >= 15 is 0 Å². The summed E-state index contributed by atoms with van der Waals surface area (Å²) in [5, 5.41) is 14.5. The number of nitrogens with zero attached hydrogens (tertiary/aromatic N) is 1. The summed E-state index contributed by atoms with van der Waals surface area (Å²) >= 11 is 8.65. The number of hydrogen-bond acceptors (Lipinski definition) is 4. The van der Waals surface area contributed by atoms with Crippen LogP contribution in [0.15, 0.2) is 37.9 Å². The maximum Gasteiger partial charge on any atom is 0.272 e. The van der Waals surface area contributed by atoms with Crippen molar-refractivity contribution in [3.63, 3.8) is 0 Å². The van der Waals surface area contributed by atoms with E-state index < -0.39 is 0 Å². The molecule has 1 N–H and O–H groups in total. The Bertz CT molecular complexity index is 646. The number of nitro groups is 1. The van der Waals surface area contributed by atoms with Crippen molar-refractivity contribution < 1.29 is 4.92 Å². The van der Waals surface area contributed by atoms with Gasteiger partial charge in [0.25, 0.3) is 5.69 Å². The van der Waals surface area contributed by atoms with Gasteiger partial charge in [-0.2, -0.15) is 0 Å². The van der Waals surface area contributed by atoms with Crippen LogP contribution in [0.1, 0.15) is 24.1 Å². The molecule has 7 heteroatoms. The minimum atomic E-state index is -0.323. The van der Waals surface area contributed by atoms with E-state index in [1.807, 2.05) is 19.1 Å². The predicted molar refractivity (Wildman–Crippen MR) is 92.9 cm³/mol. The van der Waals surface area contributed by atoms with Gasteiger partial charge < -0.3 is 5.32 Å². The normalized spacial score (nSPS) is 12.3. The van der Waals surface area contributed by atoms with Crippen molar-refractivity contribution in [3.05, 3.63) is 59.1 Å². The number of nitro benzene ring substituents is 1. The van der Waals surface area contributed by atoms with E-state index in [0.717, 1.165) is 25.2 Å². The lowest BCUT2D eigenvalue weighted by Gasteiger charge is -2.17. The monoisotopic (exact) mass is 432 g/mol. The van der Waals surface area contributed by atoms with Gasteiger partial charge >= 0.3 is 0 Å². The summed E-state index contributed by atoms with van der Waals surface area (Å²) in [7, 11) is 0. The highest BCUT2D eigenvalue weighted by atomic mass is 79.9. The zero-order valence-corrected chi connectivity index (χ0v) is 15.3. The molecule has 0 spiro atoms.